The Bertz CT molecular complexity index is 720. The maximum atomic E-state index is 11.8. The average Bonchev–Trinajstić information content (AvgIpc) is 2.90. The molecule has 18 heavy (non-hydrogen) atoms. The molecule has 0 bridgehead atoms. The van der Waals surface area contributed by atoms with E-state index in [1.807, 2.05) is 0 Å². The number of carbonyl (C=O) groups excluding carboxylic acids is 1. The molecule has 0 N–H and O–H groups in total. The molecule has 1 saturated heterocycles. The van der Waals surface area contributed by atoms with Gasteiger partial charge in [0.25, 0.3) is 0 Å². The lowest BCUT2D eigenvalue weighted by atomic mass is 10.2. The predicted octanol–water partition coefficient (Wildman–Crippen LogP) is 0.791. The topological polar surface area (TPSA) is 81.4 Å². The fraction of sp³-hybridized carbons (Fsp3) is 0.364. The van der Waals surface area contributed by atoms with Crippen molar-refractivity contribution in [1.29, 1.82) is 0 Å². The van der Waals surface area contributed by atoms with Crippen LogP contribution >= 0.6 is 0 Å². The summed E-state index contributed by atoms with van der Waals surface area (Å²) >= 11 is 0. The van der Waals surface area contributed by atoms with Gasteiger partial charge in [-0.2, -0.15) is 0 Å². The van der Waals surface area contributed by atoms with E-state index in [2.05, 4.69) is 10.1 Å². The van der Waals surface area contributed by atoms with Gasteiger partial charge in [-0.1, -0.05) is 6.07 Å². The van der Waals surface area contributed by atoms with E-state index >= 15 is 0 Å². The smallest absolute Gasteiger partial charge is 0.169 e. The van der Waals surface area contributed by atoms with Gasteiger partial charge in [0.2, 0.25) is 0 Å². The van der Waals surface area contributed by atoms with Gasteiger partial charge in [0, 0.05) is 0 Å². The van der Waals surface area contributed by atoms with E-state index in [0.717, 1.165) is 0 Å². The molecule has 6 nitrogen and oxygen atoms in total. The van der Waals surface area contributed by atoms with E-state index in [-0.39, 0.29) is 5.75 Å². The van der Waals surface area contributed by atoms with Gasteiger partial charge in [0.05, 0.1) is 5.75 Å². The monoisotopic (exact) mass is 265 g/mol. The van der Waals surface area contributed by atoms with Crippen LogP contribution in [-0.4, -0.2) is 35.1 Å². The summed E-state index contributed by atoms with van der Waals surface area (Å²) in [6.07, 6.45) is 1.87. The van der Waals surface area contributed by atoms with Gasteiger partial charge in [0.1, 0.15) is 10.9 Å². The van der Waals surface area contributed by atoms with Crippen molar-refractivity contribution >= 4 is 21.8 Å². The molecule has 0 amide bonds. The third-order valence-corrected chi connectivity index (χ3v) is 5.31. The second kappa shape index (κ2) is 3.88. The van der Waals surface area contributed by atoms with Gasteiger partial charge in [-0.15, -0.1) is 5.10 Å². The molecule has 3 rings (SSSR count). The van der Waals surface area contributed by atoms with E-state index < -0.39 is 15.1 Å². The highest BCUT2D eigenvalue weighted by Gasteiger charge is 2.35. The number of rotatable bonds is 2. The van der Waals surface area contributed by atoms with E-state index in [0.29, 0.717) is 36.3 Å². The highest BCUT2D eigenvalue weighted by atomic mass is 32.2. The Hall–Kier alpha value is -1.76. The molecule has 7 heteroatoms. The van der Waals surface area contributed by atoms with Gasteiger partial charge >= 0.3 is 0 Å². The third kappa shape index (κ3) is 1.62. The van der Waals surface area contributed by atoms with Crippen LogP contribution < -0.4 is 0 Å². The fourth-order valence-corrected chi connectivity index (χ4v) is 4.05. The van der Waals surface area contributed by atoms with Crippen molar-refractivity contribution in [2.75, 3.05) is 5.75 Å². The highest BCUT2D eigenvalue weighted by molar-refractivity contribution is 7.91. The molecule has 3 heterocycles. The quantitative estimate of drug-likeness (QED) is 0.750. The first kappa shape index (κ1) is 11.3. The van der Waals surface area contributed by atoms with Gasteiger partial charge < -0.3 is 0 Å². The van der Waals surface area contributed by atoms with Crippen LogP contribution in [0.15, 0.2) is 18.2 Å². The first-order chi connectivity index (χ1) is 8.62. The van der Waals surface area contributed by atoms with Gasteiger partial charge in [-0.3, -0.25) is 4.79 Å². The molecule has 1 aliphatic rings. The number of hydrogen-bond acceptors (Lipinski definition) is 5. The lowest BCUT2D eigenvalue weighted by Gasteiger charge is -2.02. The molecular formula is C11H11N3O3S. The second-order valence-corrected chi connectivity index (χ2v) is 6.61. The molecule has 1 fully saturated rings. The number of fused-ring (bicyclic) bond motifs is 1. The molecule has 1 atom stereocenters. The minimum absolute atomic E-state index is 0.188. The zero-order valence-electron chi connectivity index (χ0n) is 9.48. The van der Waals surface area contributed by atoms with Crippen LogP contribution in [0.4, 0.5) is 0 Å². The average molecular weight is 265 g/mol. The molecule has 0 spiro atoms. The second-order valence-electron chi connectivity index (χ2n) is 4.31. The third-order valence-electron chi connectivity index (χ3n) is 3.14. The van der Waals surface area contributed by atoms with Crippen LogP contribution in [0.25, 0.3) is 5.65 Å². The Morgan fingerprint density at radius 2 is 2.22 bits per heavy atom. The SMILES string of the molecule is O=Cc1cccc2nc(C3CCCS3(=O)=O)nn12. The molecule has 0 saturated carbocycles. The largest absolute Gasteiger partial charge is 0.296 e. The minimum Gasteiger partial charge on any atom is -0.296 e. The van der Waals surface area contributed by atoms with Crippen molar-refractivity contribution in [3.05, 3.63) is 29.7 Å². The summed E-state index contributed by atoms with van der Waals surface area (Å²) < 4.78 is 25.1. The molecular weight excluding hydrogens is 254 g/mol. The number of carbonyl (C=O) groups is 1. The maximum Gasteiger partial charge on any atom is 0.169 e. The molecule has 0 aromatic carbocycles. The Morgan fingerprint density at radius 1 is 1.39 bits per heavy atom. The zero-order valence-corrected chi connectivity index (χ0v) is 10.3. The summed E-state index contributed by atoms with van der Waals surface area (Å²) in [6, 6.07) is 5.01. The van der Waals surface area contributed by atoms with Crippen molar-refractivity contribution in [2.45, 2.75) is 18.1 Å². The molecule has 1 aliphatic heterocycles. The first-order valence-corrected chi connectivity index (χ1v) is 7.36. The Kier molecular flexibility index (Phi) is 2.44. The number of hydrogen-bond donors (Lipinski definition) is 0. The van der Waals surface area contributed by atoms with Crippen molar-refractivity contribution in [3.8, 4) is 0 Å². The normalized spacial score (nSPS) is 22.3. The lowest BCUT2D eigenvalue weighted by Crippen LogP contribution is -2.09. The van der Waals surface area contributed by atoms with E-state index in [1.54, 1.807) is 18.2 Å². The van der Waals surface area contributed by atoms with Gasteiger partial charge in [-0.05, 0) is 25.0 Å². The van der Waals surface area contributed by atoms with Crippen LogP contribution in [0.1, 0.15) is 34.4 Å². The maximum absolute atomic E-state index is 11.8. The highest BCUT2D eigenvalue weighted by Crippen LogP contribution is 2.32. The molecule has 2 aromatic heterocycles. The van der Waals surface area contributed by atoms with E-state index in [1.165, 1.54) is 4.52 Å². The minimum atomic E-state index is -3.13. The molecule has 0 aliphatic carbocycles. The molecule has 2 aromatic rings. The predicted molar refractivity (Wildman–Crippen MR) is 64.1 cm³/mol. The summed E-state index contributed by atoms with van der Waals surface area (Å²) in [5, 5.41) is 3.53. The summed E-state index contributed by atoms with van der Waals surface area (Å²) in [7, 11) is -3.13. The Morgan fingerprint density at radius 3 is 2.89 bits per heavy atom. The number of pyridine rings is 1. The summed E-state index contributed by atoms with van der Waals surface area (Å²) in [5.41, 5.74) is 0.860. The number of sulfone groups is 1. The molecule has 0 radical (unpaired) electrons. The van der Waals surface area contributed by atoms with Crippen LogP contribution in [0.5, 0.6) is 0 Å². The van der Waals surface area contributed by atoms with E-state index in [9.17, 15) is 13.2 Å². The van der Waals surface area contributed by atoms with Crippen molar-refractivity contribution in [1.82, 2.24) is 14.6 Å². The zero-order chi connectivity index (χ0) is 12.8. The Labute approximate surface area is 104 Å². The fourth-order valence-electron chi connectivity index (χ4n) is 2.25. The number of nitrogens with zero attached hydrogens (tertiary/aromatic N) is 3. The van der Waals surface area contributed by atoms with Crippen molar-refractivity contribution in [3.63, 3.8) is 0 Å². The van der Waals surface area contributed by atoms with E-state index in [4.69, 9.17) is 0 Å². The standard InChI is InChI=1S/C11H11N3O3S/c15-7-8-3-1-5-10-12-11(13-14(8)10)9-4-2-6-18(9,16)17/h1,3,5,7,9H,2,4,6H2. The van der Waals surface area contributed by atoms with Gasteiger partial charge in [0.15, 0.2) is 27.6 Å². The Balaban J connectivity index is 2.17. The van der Waals surface area contributed by atoms with Crippen LogP contribution in [0.3, 0.4) is 0 Å². The van der Waals surface area contributed by atoms with Gasteiger partial charge in [-0.25, -0.2) is 17.9 Å². The number of aromatic nitrogens is 3. The number of aldehydes is 1. The lowest BCUT2D eigenvalue weighted by molar-refractivity contribution is 0.111. The van der Waals surface area contributed by atoms with Crippen LogP contribution in [-0.2, 0) is 9.84 Å². The van der Waals surface area contributed by atoms with Crippen molar-refractivity contribution in [2.24, 2.45) is 0 Å². The summed E-state index contributed by atoms with van der Waals surface area (Å²) in [5.74, 6) is 0.482. The molecule has 1 unspecified atom stereocenters. The summed E-state index contributed by atoms with van der Waals surface area (Å²) in [4.78, 5) is 15.1. The van der Waals surface area contributed by atoms with Crippen LogP contribution in [0, 0.1) is 0 Å². The first-order valence-electron chi connectivity index (χ1n) is 5.64. The molecule has 94 valence electrons. The summed E-state index contributed by atoms with van der Waals surface area (Å²) in [6.45, 7) is 0. The van der Waals surface area contributed by atoms with Crippen molar-refractivity contribution < 1.29 is 13.2 Å². The van der Waals surface area contributed by atoms with Crippen LogP contribution in [0.2, 0.25) is 0 Å².